The van der Waals surface area contributed by atoms with Crippen LogP contribution in [0.4, 0.5) is 0 Å². The van der Waals surface area contributed by atoms with E-state index in [0.717, 1.165) is 0 Å². The fraction of sp³-hybridized carbons (Fsp3) is 0.0588. The van der Waals surface area contributed by atoms with Crippen LogP contribution in [0.15, 0.2) is 71.6 Å². The van der Waals surface area contributed by atoms with E-state index in [1.54, 1.807) is 11.8 Å². The summed E-state index contributed by atoms with van der Waals surface area (Å²) in [5, 5.41) is 0. The van der Waals surface area contributed by atoms with Crippen LogP contribution in [0.3, 0.4) is 0 Å². The fourth-order valence-corrected chi connectivity index (χ4v) is 2.80. The average molecular weight is 265 g/mol. The number of benzene rings is 2. The van der Waals surface area contributed by atoms with Crippen LogP contribution < -0.4 is 0 Å². The molecule has 2 aromatic carbocycles. The highest BCUT2D eigenvalue weighted by molar-refractivity contribution is 7.98. The van der Waals surface area contributed by atoms with Gasteiger partial charge in [-0.1, -0.05) is 60.7 Å². The first-order valence-corrected chi connectivity index (χ1v) is 7.49. The Balaban J connectivity index is 2.09. The molecule has 2 heteroatoms. The second-order valence-corrected chi connectivity index (χ2v) is 5.21. The summed E-state index contributed by atoms with van der Waals surface area (Å²) in [5.74, 6) is 0. The summed E-state index contributed by atoms with van der Waals surface area (Å²) in [7, 11) is 0. The van der Waals surface area contributed by atoms with Crippen molar-refractivity contribution in [2.45, 2.75) is 4.90 Å². The number of hydrogen-bond acceptors (Lipinski definition) is 1. The zero-order valence-corrected chi connectivity index (χ0v) is 11.6. The highest BCUT2D eigenvalue weighted by atomic mass is 32.2. The lowest BCUT2D eigenvalue weighted by molar-refractivity contribution is 1.36. The molecule has 0 aliphatic rings. The second kappa shape index (κ2) is 5.37. The predicted molar refractivity (Wildman–Crippen MR) is 83.4 cm³/mol. The molecule has 0 spiro atoms. The first kappa shape index (κ1) is 12.1. The maximum Gasteiger partial charge on any atom is 0.0596 e. The van der Waals surface area contributed by atoms with Crippen LogP contribution >= 0.6 is 11.8 Å². The quantitative estimate of drug-likeness (QED) is 0.654. The number of thioether (sulfide) groups is 1. The van der Waals surface area contributed by atoms with E-state index in [1.807, 2.05) is 12.1 Å². The smallest absolute Gasteiger partial charge is 0.0596 e. The van der Waals surface area contributed by atoms with Crippen molar-refractivity contribution in [2.75, 3.05) is 6.26 Å². The van der Waals surface area contributed by atoms with Gasteiger partial charge in [0.05, 0.1) is 5.69 Å². The fourth-order valence-electron chi connectivity index (χ4n) is 2.19. The van der Waals surface area contributed by atoms with Gasteiger partial charge in [-0.25, -0.2) is 0 Å². The molecule has 0 saturated carbocycles. The first-order chi connectivity index (χ1) is 9.38. The van der Waals surface area contributed by atoms with Crippen molar-refractivity contribution < 1.29 is 0 Å². The maximum absolute atomic E-state index is 3.54. The Labute approximate surface area is 117 Å². The number of aromatic amines is 1. The van der Waals surface area contributed by atoms with Gasteiger partial charge in [0.2, 0.25) is 0 Å². The van der Waals surface area contributed by atoms with Crippen molar-refractivity contribution in [3.8, 4) is 22.5 Å². The molecular formula is C17H15NS. The number of nitrogens with one attached hydrogen (secondary N) is 1. The highest BCUT2D eigenvalue weighted by Crippen LogP contribution is 2.33. The largest absolute Gasteiger partial charge is 0.354 e. The van der Waals surface area contributed by atoms with E-state index >= 15 is 0 Å². The number of rotatable bonds is 3. The van der Waals surface area contributed by atoms with Crippen molar-refractivity contribution in [3.63, 3.8) is 0 Å². The second-order valence-electron chi connectivity index (χ2n) is 4.36. The van der Waals surface area contributed by atoms with E-state index in [9.17, 15) is 0 Å². The van der Waals surface area contributed by atoms with Gasteiger partial charge in [0, 0.05) is 10.6 Å². The van der Waals surface area contributed by atoms with Crippen LogP contribution in [-0.2, 0) is 0 Å². The van der Waals surface area contributed by atoms with Gasteiger partial charge in [0.15, 0.2) is 0 Å². The van der Waals surface area contributed by atoms with E-state index in [-0.39, 0.29) is 0 Å². The third kappa shape index (κ3) is 2.45. The molecule has 0 aliphatic heterocycles. The summed E-state index contributed by atoms with van der Waals surface area (Å²) in [6, 6.07) is 23.1. The van der Waals surface area contributed by atoms with Crippen LogP contribution in [0.1, 0.15) is 0 Å². The molecule has 0 aliphatic carbocycles. The lowest BCUT2D eigenvalue weighted by atomic mass is 10.1. The molecule has 0 amide bonds. The van der Waals surface area contributed by atoms with Gasteiger partial charge in [-0.05, 0) is 23.4 Å². The topological polar surface area (TPSA) is 15.8 Å². The normalized spacial score (nSPS) is 10.6. The minimum atomic E-state index is 1.17. The average Bonchev–Trinajstić information content (AvgIpc) is 2.93. The number of hydrogen-bond donors (Lipinski definition) is 1. The number of H-pyrrole nitrogens is 1. The Morgan fingerprint density at radius 2 is 1.37 bits per heavy atom. The van der Waals surface area contributed by atoms with Gasteiger partial charge in [-0.3, -0.25) is 0 Å². The van der Waals surface area contributed by atoms with Crippen molar-refractivity contribution >= 4 is 11.8 Å². The molecule has 19 heavy (non-hydrogen) atoms. The molecule has 1 heterocycles. The molecule has 0 radical (unpaired) electrons. The molecule has 0 bridgehead atoms. The van der Waals surface area contributed by atoms with Gasteiger partial charge in [0.1, 0.15) is 0 Å². The SMILES string of the molecule is CSc1cc(-c2ccccc2)[nH]c1-c1ccccc1. The molecule has 94 valence electrons. The van der Waals surface area contributed by atoms with E-state index in [1.165, 1.54) is 27.4 Å². The summed E-state index contributed by atoms with van der Waals surface area (Å²) in [6.07, 6.45) is 2.12. The van der Waals surface area contributed by atoms with Crippen molar-refractivity contribution in [1.29, 1.82) is 0 Å². The molecule has 0 unspecified atom stereocenters. The molecule has 3 aromatic rings. The molecule has 1 nitrogen and oxygen atoms in total. The summed E-state index contributed by atoms with van der Waals surface area (Å²) in [5.41, 5.74) is 4.82. The maximum atomic E-state index is 3.54. The summed E-state index contributed by atoms with van der Waals surface area (Å²) in [4.78, 5) is 4.83. The van der Waals surface area contributed by atoms with Crippen LogP contribution in [0.2, 0.25) is 0 Å². The van der Waals surface area contributed by atoms with Gasteiger partial charge in [-0.2, -0.15) is 0 Å². The number of aromatic nitrogens is 1. The van der Waals surface area contributed by atoms with E-state index in [4.69, 9.17) is 0 Å². The van der Waals surface area contributed by atoms with Crippen molar-refractivity contribution in [3.05, 3.63) is 66.7 Å². The van der Waals surface area contributed by atoms with Crippen molar-refractivity contribution in [2.24, 2.45) is 0 Å². The van der Waals surface area contributed by atoms with Crippen LogP contribution in [0.25, 0.3) is 22.5 Å². The molecular weight excluding hydrogens is 250 g/mol. The Morgan fingerprint density at radius 1 is 0.789 bits per heavy atom. The van der Waals surface area contributed by atoms with Crippen LogP contribution in [0.5, 0.6) is 0 Å². The van der Waals surface area contributed by atoms with Crippen molar-refractivity contribution in [1.82, 2.24) is 4.98 Å². The minimum absolute atomic E-state index is 1.17. The third-order valence-corrected chi connectivity index (χ3v) is 3.91. The standard InChI is InChI=1S/C17H15NS/c1-19-16-12-15(13-8-4-2-5-9-13)18-17(16)14-10-6-3-7-11-14/h2-12,18H,1H3. The van der Waals surface area contributed by atoms with E-state index < -0.39 is 0 Å². The third-order valence-electron chi connectivity index (χ3n) is 3.15. The van der Waals surface area contributed by atoms with Crippen LogP contribution in [-0.4, -0.2) is 11.2 Å². The minimum Gasteiger partial charge on any atom is -0.354 e. The van der Waals surface area contributed by atoms with Gasteiger partial charge >= 0.3 is 0 Å². The zero-order valence-electron chi connectivity index (χ0n) is 10.8. The molecule has 3 rings (SSSR count). The molecule has 1 aromatic heterocycles. The van der Waals surface area contributed by atoms with Gasteiger partial charge < -0.3 is 4.98 Å². The van der Waals surface area contributed by atoms with E-state index in [2.05, 4.69) is 65.8 Å². The molecule has 0 fully saturated rings. The lowest BCUT2D eigenvalue weighted by Gasteiger charge is -2.01. The summed E-state index contributed by atoms with van der Waals surface area (Å²) < 4.78 is 0. The Hall–Kier alpha value is -1.93. The molecule has 0 saturated heterocycles. The lowest BCUT2D eigenvalue weighted by Crippen LogP contribution is -1.80. The van der Waals surface area contributed by atoms with Gasteiger partial charge in [-0.15, -0.1) is 11.8 Å². The van der Waals surface area contributed by atoms with Crippen LogP contribution in [0, 0.1) is 0 Å². The van der Waals surface area contributed by atoms with Gasteiger partial charge in [0.25, 0.3) is 0 Å². The highest BCUT2D eigenvalue weighted by Gasteiger charge is 2.10. The first-order valence-electron chi connectivity index (χ1n) is 6.26. The summed E-state index contributed by atoms with van der Waals surface area (Å²) in [6.45, 7) is 0. The van der Waals surface area contributed by atoms with E-state index in [0.29, 0.717) is 0 Å². The zero-order chi connectivity index (χ0) is 13.1. The monoisotopic (exact) mass is 265 g/mol. The Morgan fingerprint density at radius 3 is 1.95 bits per heavy atom. The Bertz CT molecular complexity index is 656. The molecule has 0 atom stereocenters. The summed E-state index contributed by atoms with van der Waals surface area (Å²) >= 11 is 1.77. The molecule has 1 N–H and O–H groups in total. The Kier molecular flexibility index (Phi) is 3.43. The predicted octanol–water partition coefficient (Wildman–Crippen LogP) is 5.07.